The van der Waals surface area contributed by atoms with Crippen LogP contribution in [0.5, 0.6) is 0 Å². The van der Waals surface area contributed by atoms with E-state index in [1.54, 1.807) is 4.31 Å². The molecule has 2 atom stereocenters. The Hall–Kier alpha value is -0.170. The van der Waals surface area contributed by atoms with Crippen molar-refractivity contribution in [2.75, 3.05) is 32.8 Å². The van der Waals surface area contributed by atoms with E-state index in [-0.39, 0.29) is 0 Å². The van der Waals surface area contributed by atoms with E-state index in [4.69, 9.17) is 4.74 Å². The average molecular weight is 262 g/mol. The molecule has 100 valence electrons. The quantitative estimate of drug-likeness (QED) is 0.806. The molecule has 2 unspecified atom stereocenters. The van der Waals surface area contributed by atoms with Crippen LogP contribution in [-0.2, 0) is 14.9 Å². The van der Waals surface area contributed by atoms with Crippen molar-refractivity contribution in [3.8, 4) is 0 Å². The SMILES string of the molecule is CC1CCCN(S(=O)(=O)NCC2CCOC2)C1. The first-order valence-corrected chi connectivity index (χ1v) is 7.84. The molecule has 2 aliphatic rings. The van der Waals surface area contributed by atoms with Gasteiger partial charge in [-0.05, 0) is 31.1 Å². The Balaban J connectivity index is 1.84. The summed E-state index contributed by atoms with van der Waals surface area (Å²) in [4.78, 5) is 0. The molecule has 0 saturated carbocycles. The first-order chi connectivity index (χ1) is 8.08. The lowest BCUT2D eigenvalue weighted by molar-refractivity contribution is 0.186. The highest BCUT2D eigenvalue weighted by molar-refractivity contribution is 7.87. The lowest BCUT2D eigenvalue weighted by Crippen LogP contribution is -2.46. The molecule has 0 radical (unpaired) electrons. The Kier molecular flexibility index (Phi) is 4.41. The molecule has 0 amide bonds. The minimum Gasteiger partial charge on any atom is -0.381 e. The van der Waals surface area contributed by atoms with E-state index in [9.17, 15) is 8.42 Å². The van der Waals surface area contributed by atoms with Gasteiger partial charge in [0.2, 0.25) is 0 Å². The summed E-state index contributed by atoms with van der Waals surface area (Å²) in [5, 5.41) is 0. The molecule has 2 fully saturated rings. The fourth-order valence-corrected chi connectivity index (χ4v) is 3.87. The van der Waals surface area contributed by atoms with Crippen molar-refractivity contribution in [1.29, 1.82) is 0 Å². The predicted molar refractivity (Wildman–Crippen MR) is 65.8 cm³/mol. The van der Waals surface area contributed by atoms with Crippen LogP contribution in [0.3, 0.4) is 0 Å². The maximum Gasteiger partial charge on any atom is 0.279 e. The molecule has 0 spiro atoms. The van der Waals surface area contributed by atoms with Gasteiger partial charge in [0, 0.05) is 26.2 Å². The molecular weight excluding hydrogens is 240 g/mol. The summed E-state index contributed by atoms with van der Waals surface area (Å²) in [5.41, 5.74) is 0. The lowest BCUT2D eigenvalue weighted by atomic mass is 10.0. The third kappa shape index (κ3) is 3.64. The van der Waals surface area contributed by atoms with Gasteiger partial charge >= 0.3 is 0 Å². The summed E-state index contributed by atoms with van der Waals surface area (Å²) in [6, 6.07) is 0. The molecule has 2 aliphatic heterocycles. The highest BCUT2D eigenvalue weighted by atomic mass is 32.2. The van der Waals surface area contributed by atoms with Crippen molar-refractivity contribution < 1.29 is 13.2 Å². The van der Waals surface area contributed by atoms with Gasteiger partial charge in [0.1, 0.15) is 0 Å². The summed E-state index contributed by atoms with van der Waals surface area (Å²) in [7, 11) is -3.28. The fourth-order valence-electron chi connectivity index (χ4n) is 2.42. The number of hydrogen-bond acceptors (Lipinski definition) is 3. The lowest BCUT2D eigenvalue weighted by Gasteiger charge is -2.30. The Morgan fingerprint density at radius 1 is 1.41 bits per heavy atom. The number of rotatable bonds is 4. The molecule has 2 heterocycles. The Bertz CT molecular complexity index is 339. The summed E-state index contributed by atoms with van der Waals surface area (Å²) < 4.78 is 33.6. The van der Waals surface area contributed by atoms with Gasteiger partial charge in [0.05, 0.1) is 6.61 Å². The zero-order valence-electron chi connectivity index (χ0n) is 10.4. The van der Waals surface area contributed by atoms with Gasteiger partial charge in [-0.1, -0.05) is 6.92 Å². The fraction of sp³-hybridized carbons (Fsp3) is 1.00. The van der Waals surface area contributed by atoms with E-state index < -0.39 is 10.2 Å². The Labute approximate surface area is 104 Å². The van der Waals surface area contributed by atoms with Crippen LogP contribution in [0.2, 0.25) is 0 Å². The molecule has 0 aromatic carbocycles. The van der Waals surface area contributed by atoms with E-state index >= 15 is 0 Å². The van der Waals surface area contributed by atoms with Gasteiger partial charge in [0.25, 0.3) is 10.2 Å². The van der Waals surface area contributed by atoms with Crippen molar-refractivity contribution in [1.82, 2.24) is 9.03 Å². The van der Waals surface area contributed by atoms with E-state index in [1.165, 1.54) is 0 Å². The topological polar surface area (TPSA) is 58.6 Å². The van der Waals surface area contributed by atoms with Gasteiger partial charge in [-0.3, -0.25) is 0 Å². The molecule has 0 aromatic heterocycles. The average Bonchev–Trinajstić information content (AvgIpc) is 2.79. The minimum atomic E-state index is -3.28. The van der Waals surface area contributed by atoms with E-state index in [0.717, 1.165) is 25.9 Å². The van der Waals surface area contributed by atoms with Gasteiger partial charge in [-0.25, -0.2) is 4.72 Å². The zero-order chi connectivity index (χ0) is 12.3. The molecule has 0 aromatic rings. The molecule has 17 heavy (non-hydrogen) atoms. The smallest absolute Gasteiger partial charge is 0.279 e. The van der Waals surface area contributed by atoms with Crippen LogP contribution < -0.4 is 4.72 Å². The number of nitrogens with zero attached hydrogens (tertiary/aromatic N) is 1. The summed E-state index contributed by atoms with van der Waals surface area (Å²) in [6.07, 6.45) is 3.05. The van der Waals surface area contributed by atoms with Crippen LogP contribution in [-0.4, -0.2) is 45.6 Å². The molecule has 0 aliphatic carbocycles. The van der Waals surface area contributed by atoms with Crippen LogP contribution in [0.25, 0.3) is 0 Å². The predicted octanol–water partition coefficient (Wildman–Crippen LogP) is 0.589. The molecular formula is C11H22N2O3S. The molecule has 5 nitrogen and oxygen atoms in total. The van der Waals surface area contributed by atoms with E-state index in [2.05, 4.69) is 11.6 Å². The Morgan fingerprint density at radius 3 is 2.88 bits per heavy atom. The van der Waals surface area contributed by atoms with Crippen LogP contribution >= 0.6 is 0 Å². The second-order valence-electron chi connectivity index (χ2n) is 5.19. The maximum absolute atomic E-state index is 12.1. The van der Waals surface area contributed by atoms with Crippen molar-refractivity contribution >= 4 is 10.2 Å². The summed E-state index contributed by atoms with van der Waals surface area (Å²) in [5.74, 6) is 0.808. The number of piperidine rings is 1. The molecule has 6 heteroatoms. The second kappa shape index (κ2) is 5.65. The highest BCUT2D eigenvalue weighted by Crippen LogP contribution is 2.18. The second-order valence-corrected chi connectivity index (χ2v) is 6.94. The molecule has 2 saturated heterocycles. The number of ether oxygens (including phenoxy) is 1. The normalized spacial score (nSPS) is 31.8. The molecule has 0 bridgehead atoms. The van der Waals surface area contributed by atoms with Gasteiger partial charge in [0.15, 0.2) is 0 Å². The largest absolute Gasteiger partial charge is 0.381 e. The zero-order valence-corrected chi connectivity index (χ0v) is 11.2. The molecule has 2 rings (SSSR count). The van der Waals surface area contributed by atoms with Crippen LogP contribution in [0.4, 0.5) is 0 Å². The maximum atomic E-state index is 12.1. The van der Waals surface area contributed by atoms with Crippen molar-refractivity contribution in [2.24, 2.45) is 11.8 Å². The van der Waals surface area contributed by atoms with Crippen LogP contribution in [0, 0.1) is 11.8 Å². The Morgan fingerprint density at radius 2 is 2.24 bits per heavy atom. The minimum absolute atomic E-state index is 0.340. The number of hydrogen-bond donors (Lipinski definition) is 1. The standard InChI is InChI=1S/C11H22N2O3S/c1-10-3-2-5-13(8-10)17(14,15)12-7-11-4-6-16-9-11/h10-12H,2-9H2,1H3. The van der Waals surface area contributed by atoms with Crippen molar-refractivity contribution in [2.45, 2.75) is 26.2 Å². The van der Waals surface area contributed by atoms with Crippen LogP contribution in [0.15, 0.2) is 0 Å². The molecule has 1 N–H and O–H groups in total. The highest BCUT2D eigenvalue weighted by Gasteiger charge is 2.27. The summed E-state index contributed by atoms with van der Waals surface area (Å²) in [6.45, 7) is 5.35. The first kappa shape index (κ1) is 13.3. The third-order valence-electron chi connectivity index (χ3n) is 3.54. The van der Waals surface area contributed by atoms with E-state index in [1.807, 2.05) is 0 Å². The van der Waals surface area contributed by atoms with Gasteiger partial charge in [-0.15, -0.1) is 0 Å². The van der Waals surface area contributed by atoms with Crippen LogP contribution in [0.1, 0.15) is 26.2 Å². The summed E-state index contributed by atoms with van der Waals surface area (Å²) >= 11 is 0. The van der Waals surface area contributed by atoms with Gasteiger partial charge in [-0.2, -0.15) is 12.7 Å². The van der Waals surface area contributed by atoms with Crippen molar-refractivity contribution in [3.63, 3.8) is 0 Å². The third-order valence-corrected chi connectivity index (χ3v) is 5.08. The van der Waals surface area contributed by atoms with E-state index in [0.29, 0.717) is 38.1 Å². The monoisotopic (exact) mass is 262 g/mol. The van der Waals surface area contributed by atoms with Crippen molar-refractivity contribution in [3.05, 3.63) is 0 Å². The number of nitrogens with one attached hydrogen (secondary N) is 1. The van der Waals surface area contributed by atoms with Gasteiger partial charge < -0.3 is 4.74 Å². The first-order valence-electron chi connectivity index (χ1n) is 6.40.